The van der Waals surface area contributed by atoms with Gasteiger partial charge < -0.3 is 0 Å². The van der Waals surface area contributed by atoms with Gasteiger partial charge in [0.2, 0.25) is 0 Å². The molecule has 0 spiro atoms. The highest BCUT2D eigenvalue weighted by atomic mass is 16.6. The van der Waals surface area contributed by atoms with Crippen molar-refractivity contribution in [3.05, 3.63) is 30.3 Å². The van der Waals surface area contributed by atoms with Gasteiger partial charge in [0.25, 0.3) is 0 Å². The second-order valence-corrected chi connectivity index (χ2v) is 2.22. The lowest BCUT2D eigenvalue weighted by Crippen LogP contribution is -1.71. The molecule has 0 fully saturated rings. The lowest BCUT2D eigenvalue weighted by molar-refractivity contribution is 0.315. The predicted octanol–water partition coefficient (Wildman–Crippen LogP) is 1.87. The average Bonchev–Trinajstić information content (AvgIpc) is 2.50. The Bertz CT molecular complexity index is 392. The molecule has 0 aliphatic rings. The highest BCUT2D eigenvalue weighted by Gasteiger charge is 1.97. The summed E-state index contributed by atoms with van der Waals surface area (Å²) in [6, 6.07) is 5.64. The van der Waals surface area contributed by atoms with E-state index in [4.69, 9.17) is 0 Å². The molecule has 54 valence electrons. The molecule has 3 nitrogen and oxygen atoms in total. The first-order valence-corrected chi connectivity index (χ1v) is 3.25. The largest absolute Gasteiger partial charge is 0.243 e. The molecule has 0 radical (unpaired) electrons. The van der Waals surface area contributed by atoms with Gasteiger partial charge in [-0.1, -0.05) is 18.7 Å². The summed E-state index contributed by atoms with van der Waals surface area (Å²) in [6.45, 7) is 3.64. The highest BCUT2D eigenvalue weighted by Crippen LogP contribution is 2.11. The van der Waals surface area contributed by atoms with Gasteiger partial charge in [-0.25, -0.2) is 4.63 Å². The second-order valence-electron chi connectivity index (χ2n) is 2.22. The van der Waals surface area contributed by atoms with Crippen molar-refractivity contribution >= 4 is 17.1 Å². The Morgan fingerprint density at radius 3 is 2.91 bits per heavy atom. The molecule has 11 heavy (non-hydrogen) atoms. The Labute approximate surface area is 63.3 Å². The van der Waals surface area contributed by atoms with E-state index >= 15 is 0 Å². The summed E-state index contributed by atoms with van der Waals surface area (Å²) >= 11 is 0. The summed E-state index contributed by atoms with van der Waals surface area (Å²) in [7, 11) is 0. The van der Waals surface area contributed by atoms with Gasteiger partial charge in [-0.05, 0) is 28.0 Å². The van der Waals surface area contributed by atoms with E-state index in [2.05, 4.69) is 21.5 Å². The minimum atomic E-state index is 0.766. The fourth-order valence-electron chi connectivity index (χ4n) is 0.926. The second kappa shape index (κ2) is 2.20. The Hall–Kier alpha value is -1.64. The van der Waals surface area contributed by atoms with Crippen LogP contribution in [0.3, 0.4) is 0 Å². The molecule has 0 bridgehead atoms. The Morgan fingerprint density at radius 1 is 1.27 bits per heavy atom. The summed E-state index contributed by atoms with van der Waals surface area (Å²) in [6.07, 6.45) is 1.76. The molecule has 1 aromatic carbocycles. The van der Waals surface area contributed by atoms with E-state index < -0.39 is 0 Å². The monoisotopic (exact) mass is 146 g/mol. The van der Waals surface area contributed by atoms with E-state index in [9.17, 15) is 0 Å². The third-order valence-electron chi connectivity index (χ3n) is 1.51. The van der Waals surface area contributed by atoms with Crippen molar-refractivity contribution in [2.24, 2.45) is 0 Å². The predicted molar refractivity (Wildman–Crippen MR) is 41.9 cm³/mol. The van der Waals surface area contributed by atoms with Crippen molar-refractivity contribution < 1.29 is 4.63 Å². The molecule has 3 heteroatoms. The number of aromatic nitrogens is 2. The van der Waals surface area contributed by atoms with Crippen LogP contribution in [0.15, 0.2) is 29.4 Å². The van der Waals surface area contributed by atoms with Crippen LogP contribution in [-0.2, 0) is 0 Å². The maximum absolute atomic E-state index is 4.53. The maximum Gasteiger partial charge on any atom is 0.135 e. The van der Waals surface area contributed by atoms with Gasteiger partial charge >= 0.3 is 0 Å². The lowest BCUT2D eigenvalue weighted by atomic mass is 10.2. The van der Waals surface area contributed by atoms with Crippen LogP contribution < -0.4 is 0 Å². The third-order valence-corrected chi connectivity index (χ3v) is 1.51. The molecular formula is C8H6N2O. The summed E-state index contributed by atoms with van der Waals surface area (Å²) < 4.78 is 4.53. The molecule has 0 N–H and O–H groups in total. The number of hydrogen-bond acceptors (Lipinski definition) is 3. The van der Waals surface area contributed by atoms with E-state index in [0.29, 0.717) is 0 Å². The number of fused-ring (bicyclic) bond motifs is 1. The first-order valence-electron chi connectivity index (χ1n) is 3.25. The zero-order valence-corrected chi connectivity index (χ0v) is 5.82. The maximum atomic E-state index is 4.53. The van der Waals surface area contributed by atoms with E-state index in [-0.39, 0.29) is 0 Å². The first-order chi connectivity index (χ1) is 5.40. The molecule has 0 amide bonds. The van der Waals surface area contributed by atoms with Crippen LogP contribution in [0.4, 0.5) is 0 Å². The molecule has 0 saturated heterocycles. The van der Waals surface area contributed by atoms with Crippen LogP contribution in [0.5, 0.6) is 0 Å². The topological polar surface area (TPSA) is 38.9 Å². The number of hydrogen-bond donors (Lipinski definition) is 0. The standard InChI is InChI=1S/C8H6N2O/c1-2-6-3-4-7-8(5-6)10-11-9-7/h2-5H,1H2. The molecular weight excluding hydrogens is 140 g/mol. The number of nitrogens with zero attached hydrogens (tertiary/aromatic N) is 2. The minimum absolute atomic E-state index is 0.766. The SMILES string of the molecule is C=Cc1ccc2nonc2c1. The molecule has 0 aliphatic carbocycles. The van der Waals surface area contributed by atoms with Crippen LogP contribution >= 0.6 is 0 Å². The molecule has 0 unspecified atom stereocenters. The van der Waals surface area contributed by atoms with Crippen LogP contribution in [0.2, 0.25) is 0 Å². The van der Waals surface area contributed by atoms with E-state index in [1.54, 1.807) is 6.08 Å². The smallest absolute Gasteiger partial charge is 0.135 e. The van der Waals surface area contributed by atoms with Crippen molar-refractivity contribution in [3.63, 3.8) is 0 Å². The highest BCUT2D eigenvalue weighted by molar-refractivity contribution is 5.76. The van der Waals surface area contributed by atoms with Crippen molar-refractivity contribution in [2.45, 2.75) is 0 Å². The molecule has 0 aliphatic heterocycles. The van der Waals surface area contributed by atoms with Crippen molar-refractivity contribution in [3.8, 4) is 0 Å². The summed E-state index contributed by atoms with van der Waals surface area (Å²) in [5.74, 6) is 0. The fraction of sp³-hybridized carbons (Fsp3) is 0. The van der Waals surface area contributed by atoms with Gasteiger partial charge in [0.05, 0.1) is 0 Å². The number of rotatable bonds is 1. The first kappa shape index (κ1) is 6.09. The summed E-state index contributed by atoms with van der Waals surface area (Å²) in [5.41, 5.74) is 2.56. The zero-order valence-electron chi connectivity index (χ0n) is 5.82. The summed E-state index contributed by atoms with van der Waals surface area (Å²) in [5, 5.41) is 7.37. The average molecular weight is 146 g/mol. The van der Waals surface area contributed by atoms with E-state index in [0.717, 1.165) is 16.6 Å². The molecule has 0 atom stereocenters. The van der Waals surface area contributed by atoms with Crippen molar-refractivity contribution in [1.29, 1.82) is 0 Å². The van der Waals surface area contributed by atoms with Gasteiger partial charge in [0, 0.05) is 0 Å². The third kappa shape index (κ3) is 0.902. The van der Waals surface area contributed by atoms with Gasteiger partial charge in [0.15, 0.2) is 0 Å². The van der Waals surface area contributed by atoms with Crippen molar-refractivity contribution in [2.75, 3.05) is 0 Å². The number of benzene rings is 1. The molecule has 2 aromatic rings. The lowest BCUT2D eigenvalue weighted by Gasteiger charge is -1.87. The molecule has 1 heterocycles. The van der Waals surface area contributed by atoms with Gasteiger partial charge in [-0.15, -0.1) is 0 Å². The summed E-state index contributed by atoms with van der Waals surface area (Å²) in [4.78, 5) is 0. The minimum Gasteiger partial charge on any atom is -0.243 e. The Morgan fingerprint density at radius 2 is 2.09 bits per heavy atom. The van der Waals surface area contributed by atoms with Gasteiger partial charge in [-0.2, -0.15) is 0 Å². The van der Waals surface area contributed by atoms with Crippen LogP contribution in [0, 0.1) is 0 Å². The van der Waals surface area contributed by atoms with Crippen LogP contribution in [-0.4, -0.2) is 10.3 Å². The quantitative estimate of drug-likeness (QED) is 0.616. The van der Waals surface area contributed by atoms with Gasteiger partial charge in [0.1, 0.15) is 11.0 Å². The van der Waals surface area contributed by atoms with Crippen molar-refractivity contribution in [1.82, 2.24) is 10.3 Å². The Balaban J connectivity index is 2.76. The van der Waals surface area contributed by atoms with E-state index in [1.807, 2.05) is 18.2 Å². The van der Waals surface area contributed by atoms with Crippen LogP contribution in [0.25, 0.3) is 17.1 Å². The Kier molecular flexibility index (Phi) is 1.22. The normalized spacial score (nSPS) is 10.2. The molecule has 1 aromatic heterocycles. The molecule has 0 saturated carbocycles. The zero-order chi connectivity index (χ0) is 7.68. The van der Waals surface area contributed by atoms with Gasteiger partial charge in [-0.3, -0.25) is 0 Å². The molecule has 2 rings (SSSR count). The fourth-order valence-corrected chi connectivity index (χ4v) is 0.926. The van der Waals surface area contributed by atoms with Crippen LogP contribution in [0.1, 0.15) is 5.56 Å². The van der Waals surface area contributed by atoms with E-state index in [1.165, 1.54) is 0 Å².